The first kappa shape index (κ1) is 25.8. The maximum Gasteiger partial charge on any atom is 0.227 e. The number of aromatic nitrogens is 4. The lowest BCUT2D eigenvalue weighted by molar-refractivity contribution is 0.654. The minimum Gasteiger partial charge on any atom is -0.438 e. The molecule has 10 aromatic rings. The lowest BCUT2D eigenvalue weighted by atomic mass is 9.95. The van der Waals surface area contributed by atoms with Crippen molar-refractivity contribution in [3.05, 3.63) is 146 Å². The summed E-state index contributed by atoms with van der Waals surface area (Å²) in [5.41, 5.74) is 4.06. The van der Waals surface area contributed by atoms with Gasteiger partial charge in [-0.05, 0) is 55.9 Å². The fourth-order valence-electron chi connectivity index (χ4n) is 6.85. The van der Waals surface area contributed by atoms with Gasteiger partial charge in [-0.2, -0.15) is 0 Å². The van der Waals surface area contributed by atoms with Crippen molar-refractivity contribution in [2.75, 3.05) is 0 Å². The number of benzene rings is 7. The van der Waals surface area contributed by atoms with Gasteiger partial charge in [-0.1, -0.05) is 121 Å². The predicted molar refractivity (Wildman–Crippen MR) is 191 cm³/mol. The molecule has 0 unspecified atom stereocenters. The Labute approximate surface area is 268 Å². The van der Waals surface area contributed by atoms with E-state index in [-0.39, 0.29) is 0 Å². The van der Waals surface area contributed by atoms with Crippen LogP contribution in [0.2, 0.25) is 0 Å². The van der Waals surface area contributed by atoms with Crippen LogP contribution in [0.4, 0.5) is 0 Å². The molecule has 0 fully saturated rings. The maximum atomic E-state index is 6.29. The summed E-state index contributed by atoms with van der Waals surface area (Å²) in [6.45, 7) is 0. The fraction of sp³-hybridized carbons (Fsp3) is 0. The third-order valence-electron chi connectivity index (χ3n) is 9.13. The number of rotatable bonds is 3. The second-order valence-electron chi connectivity index (χ2n) is 11.9. The zero-order valence-electron chi connectivity index (χ0n) is 25.1. The Balaban J connectivity index is 1.19. The largest absolute Gasteiger partial charge is 0.438 e. The molecular formula is C42H24N4O. The first-order valence-corrected chi connectivity index (χ1v) is 15.6. The molecule has 0 saturated heterocycles. The van der Waals surface area contributed by atoms with Crippen molar-refractivity contribution in [3.8, 4) is 34.2 Å². The zero-order valence-corrected chi connectivity index (χ0v) is 25.1. The van der Waals surface area contributed by atoms with Crippen LogP contribution in [0.5, 0.6) is 0 Å². The van der Waals surface area contributed by atoms with E-state index in [9.17, 15) is 0 Å². The van der Waals surface area contributed by atoms with Gasteiger partial charge >= 0.3 is 0 Å². The zero-order chi connectivity index (χ0) is 30.9. The van der Waals surface area contributed by atoms with Crippen LogP contribution in [-0.2, 0) is 0 Å². The highest BCUT2D eigenvalue weighted by Crippen LogP contribution is 2.37. The van der Waals surface area contributed by atoms with Crippen molar-refractivity contribution >= 4 is 65.2 Å². The maximum absolute atomic E-state index is 6.29. The highest BCUT2D eigenvalue weighted by Gasteiger charge is 2.17. The molecule has 0 N–H and O–H groups in total. The molecule has 0 atom stereocenters. The molecule has 0 bridgehead atoms. The molecule has 0 aliphatic heterocycles. The molecule has 0 saturated carbocycles. The van der Waals surface area contributed by atoms with E-state index in [1.54, 1.807) is 0 Å². The number of furan rings is 1. The van der Waals surface area contributed by atoms with Crippen LogP contribution in [0.1, 0.15) is 0 Å². The van der Waals surface area contributed by atoms with Crippen LogP contribution in [0.3, 0.4) is 0 Å². The van der Waals surface area contributed by atoms with Crippen LogP contribution in [0.25, 0.3) is 99.3 Å². The summed E-state index contributed by atoms with van der Waals surface area (Å²) in [4.78, 5) is 19.7. The fourth-order valence-corrected chi connectivity index (χ4v) is 6.85. The number of hydrogen-bond acceptors (Lipinski definition) is 5. The van der Waals surface area contributed by atoms with Crippen molar-refractivity contribution in [1.29, 1.82) is 0 Å². The summed E-state index contributed by atoms with van der Waals surface area (Å²) < 4.78 is 6.29. The molecule has 10 rings (SSSR count). The van der Waals surface area contributed by atoms with Gasteiger partial charge in [-0.3, -0.25) is 0 Å². The van der Waals surface area contributed by atoms with E-state index < -0.39 is 0 Å². The molecule has 0 spiro atoms. The summed E-state index contributed by atoms with van der Waals surface area (Å²) in [6, 6.07) is 48.3. The van der Waals surface area contributed by atoms with Gasteiger partial charge < -0.3 is 4.42 Å². The minimum atomic E-state index is 0.581. The van der Waals surface area contributed by atoms with Gasteiger partial charge in [0, 0.05) is 33.7 Å². The van der Waals surface area contributed by atoms with Gasteiger partial charge in [-0.25, -0.2) is 19.9 Å². The van der Waals surface area contributed by atoms with E-state index in [0.717, 1.165) is 43.8 Å². The van der Waals surface area contributed by atoms with E-state index in [0.29, 0.717) is 23.2 Å². The van der Waals surface area contributed by atoms with Crippen LogP contribution in [0.15, 0.2) is 150 Å². The van der Waals surface area contributed by atoms with Crippen molar-refractivity contribution in [3.63, 3.8) is 0 Å². The SMILES string of the molecule is c1ccc(-c2nc(-c3ccc4c(c3)oc3ncc5ccccc5c34)nc(-c3ccc4ccc5ccc6ccccc6c5c4c3)n2)cc1. The molecule has 0 aliphatic carbocycles. The Morgan fingerprint density at radius 3 is 1.74 bits per heavy atom. The first-order valence-electron chi connectivity index (χ1n) is 15.6. The van der Waals surface area contributed by atoms with Gasteiger partial charge in [0.2, 0.25) is 5.71 Å². The van der Waals surface area contributed by atoms with Crippen LogP contribution < -0.4 is 0 Å². The molecule has 5 nitrogen and oxygen atoms in total. The summed E-state index contributed by atoms with van der Waals surface area (Å²) in [7, 11) is 0. The minimum absolute atomic E-state index is 0.581. The predicted octanol–water partition coefficient (Wildman–Crippen LogP) is 10.8. The standard InChI is InChI=1S/C42H24N4O/c1-2-9-28(10-3-1)39-44-40(29-19-16-26-15-18-27-17-14-25-8-4-6-12-32(25)37(27)35(26)22-29)46-41(45-39)30-20-21-34-36(23-30)47-42-38(34)33-13-7-5-11-31(33)24-43-42/h1-24H. The lowest BCUT2D eigenvalue weighted by Crippen LogP contribution is -2.00. The van der Waals surface area contributed by atoms with Crippen molar-refractivity contribution < 1.29 is 4.42 Å². The molecule has 0 amide bonds. The van der Waals surface area contributed by atoms with Crippen molar-refractivity contribution in [1.82, 2.24) is 19.9 Å². The Hall–Kier alpha value is -6.46. The Morgan fingerprint density at radius 1 is 0.383 bits per heavy atom. The number of fused-ring (bicyclic) bond motifs is 10. The van der Waals surface area contributed by atoms with Crippen LogP contribution in [-0.4, -0.2) is 19.9 Å². The quantitative estimate of drug-likeness (QED) is 0.189. The highest BCUT2D eigenvalue weighted by molar-refractivity contribution is 6.21. The Bertz CT molecular complexity index is 2850. The second-order valence-corrected chi connectivity index (χ2v) is 11.9. The lowest BCUT2D eigenvalue weighted by Gasteiger charge is -2.11. The number of hydrogen-bond donors (Lipinski definition) is 0. The first-order chi connectivity index (χ1) is 23.3. The van der Waals surface area contributed by atoms with Crippen LogP contribution >= 0.6 is 0 Å². The second kappa shape index (κ2) is 10.0. The van der Waals surface area contributed by atoms with E-state index >= 15 is 0 Å². The Kier molecular flexibility index (Phi) is 5.51. The molecule has 47 heavy (non-hydrogen) atoms. The molecular weight excluding hydrogens is 576 g/mol. The van der Waals surface area contributed by atoms with Gasteiger partial charge in [0.25, 0.3) is 0 Å². The van der Waals surface area contributed by atoms with Gasteiger partial charge in [0.1, 0.15) is 5.58 Å². The summed E-state index contributed by atoms with van der Waals surface area (Å²) in [6.07, 6.45) is 1.86. The number of pyridine rings is 1. The normalized spacial score (nSPS) is 11.8. The molecule has 3 heterocycles. The van der Waals surface area contributed by atoms with E-state index in [1.165, 1.54) is 32.3 Å². The van der Waals surface area contributed by atoms with Gasteiger partial charge in [0.15, 0.2) is 17.5 Å². The third-order valence-corrected chi connectivity index (χ3v) is 9.13. The average molecular weight is 601 g/mol. The van der Waals surface area contributed by atoms with Crippen molar-refractivity contribution in [2.45, 2.75) is 0 Å². The molecule has 0 aliphatic rings. The molecule has 3 aromatic heterocycles. The Morgan fingerprint density at radius 2 is 0.957 bits per heavy atom. The van der Waals surface area contributed by atoms with Gasteiger partial charge in [-0.15, -0.1) is 0 Å². The summed E-state index contributed by atoms with van der Waals surface area (Å²) >= 11 is 0. The van der Waals surface area contributed by atoms with Crippen molar-refractivity contribution in [2.24, 2.45) is 0 Å². The monoisotopic (exact) mass is 600 g/mol. The molecule has 0 radical (unpaired) electrons. The topological polar surface area (TPSA) is 64.7 Å². The van der Waals surface area contributed by atoms with Crippen LogP contribution in [0, 0.1) is 0 Å². The summed E-state index contributed by atoms with van der Waals surface area (Å²) in [5.74, 6) is 1.81. The smallest absolute Gasteiger partial charge is 0.227 e. The van der Waals surface area contributed by atoms with E-state index in [4.69, 9.17) is 19.4 Å². The average Bonchev–Trinajstić information content (AvgIpc) is 3.53. The summed E-state index contributed by atoms with van der Waals surface area (Å²) in [5, 5.41) is 11.5. The van der Waals surface area contributed by atoms with E-state index in [1.807, 2.05) is 54.7 Å². The molecule has 5 heteroatoms. The molecule has 218 valence electrons. The van der Waals surface area contributed by atoms with E-state index in [2.05, 4.69) is 96.0 Å². The molecule has 7 aromatic carbocycles. The highest BCUT2D eigenvalue weighted by atomic mass is 16.3. The van der Waals surface area contributed by atoms with Gasteiger partial charge in [0.05, 0.1) is 5.39 Å². The third kappa shape index (κ3) is 4.10. The number of nitrogens with zero attached hydrogens (tertiary/aromatic N) is 4.